The summed E-state index contributed by atoms with van der Waals surface area (Å²) in [7, 11) is 0. The van der Waals surface area contributed by atoms with E-state index in [0.29, 0.717) is 24.5 Å². The van der Waals surface area contributed by atoms with Crippen LogP contribution in [0, 0.1) is 12.7 Å². The zero-order valence-corrected chi connectivity index (χ0v) is 16.6. The Labute approximate surface area is 169 Å². The average Bonchev–Trinajstić information content (AvgIpc) is 2.96. The van der Waals surface area contributed by atoms with Crippen LogP contribution in [-0.4, -0.2) is 26.1 Å². The molecule has 0 amide bonds. The van der Waals surface area contributed by atoms with Gasteiger partial charge in [0.2, 0.25) is 5.88 Å². The summed E-state index contributed by atoms with van der Waals surface area (Å²) in [4.78, 5) is 12.7. The smallest absolute Gasteiger partial charge is 0.219 e. The molecule has 0 atom stereocenters. The summed E-state index contributed by atoms with van der Waals surface area (Å²) >= 11 is 3.61. The highest BCUT2D eigenvalue weighted by atomic mass is 79.9. The van der Waals surface area contributed by atoms with Gasteiger partial charge in [-0.15, -0.1) is 0 Å². The van der Waals surface area contributed by atoms with E-state index in [1.54, 1.807) is 24.4 Å². The van der Waals surface area contributed by atoms with Gasteiger partial charge in [0, 0.05) is 42.0 Å². The van der Waals surface area contributed by atoms with Gasteiger partial charge in [0.05, 0.1) is 4.60 Å². The standard InChI is InChI=1S/C20H17BrFN5O/c1-12-3-2-4-17(26-12)28-16-6-5-13(9-15(16)22)18-14-10-24-11-25-20(14)27(8-7-23)19(18)21/h2-6,9-11H,7-8,23H2,1H3. The maximum atomic E-state index is 14.8. The lowest BCUT2D eigenvalue weighted by atomic mass is 10.1. The van der Waals surface area contributed by atoms with Crippen LogP contribution >= 0.6 is 15.9 Å². The summed E-state index contributed by atoms with van der Waals surface area (Å²) in [6.45, 7) is 2.89. The number of aromatic nitrogens is 4. The largest absolute Gasteiger partial charge is 0.436 e. The molecule has 8 heteroatoms. The highest BCUT2D eigenvalue weighted by Gasteiger charge is 2.19. The Balaban J connectivity index is 1.77. The Kier molecular flexibility index (Phi) is 5.06. The molecular weight excluding hydrogens is 425 g/mol. The van der Waals surface area contributed by atoms with E-state index >= 15 is 0 Å². The maximum Gasteiger partial charge on any atom is 0.219 e. The third kappa shape index (κ3) is 3.36. The fraction of sp³-hybridized carbons (Fsp3) is 0.150. The van der Waals surface area contributed by atoms with Gasteiger partial charge in [0.25, 0.3) is 0 Å². The molecule has 0 spiro atoms. The second-order valence-corrected chi connectivity index (χ2v) is 6.98. The summed E-state index contributed by atoms with van der Waals surface area (Å²) in [5.41, 5.74) is 8.76. The van der Waals surface area contributed by atoms with E-state index in [1.165, 1.54) is 12.4 Å². The molecule has 2 N–H and O–H groups in total. The third-order valence-electron chi connectivity index (χ3n) is 4.31. The zero-order chi connectivity index (χ0) is 19.7. The van der Waals surface area contributed by atoms with Gasteiger partial charge < -0.3 is 15.0 Å². The zero-order valence-electron chi connectivity index (χ0n) is 15.1. The maximum absolute atomic E-state index is 14.8. The van der Waals surface area contributed by atoms with Crippen molar-refractivity contribution >= 4 is 27.0 Å². The van der Waals surface area contributed by atoms with Crippen LogP contribution in [0.3, 0.4) is 0 Å². The van der Waals surface area contributed by atoms with Crippen molar-refractivity contribution in [2.45, 2.75) is 13.5 Å². The first kappa shape index (κ1) is 18.5. The van der Waals surface area contributed by atoms with Crippen molar-refractivity contribution in [2.24, 2.45) is 5.73 Å². The fourth-order valence-corrected chi connectivity index (χ4v) is 3.88. The van der Waals surface area contributed by atoms with Crippen LogP contribution in [0.1, 0.15) is 5.69 Å². The molecule has 28 heavy (non-hydrogen) atoms. The van der Waals surface area contributed by atoms with E-state index < -0.39 is 5.82 Å². The Morgan fingerprint density at radius 2 is 2.11 bits per heavy atom. The molecule has 0 saturated heterocycles. The molecule has 1 aromatic carbocycles. The Morgan fingerprint density at radius 1 is 1.25 bits per heavy atom. The molecule has 0 radical (unpaired) electrons. The van der Waals surface area contributed by atoms with Crippen LogP contribution in [0.4, 0.5) is 4.39 Å². The van der Waals surface area contributed by atoms with E-state index in [2.05, 4.69) is 30.9 Å². The van der Waals surface area contributed by atoms with Gasteiger partial charge in [-0.1, -0.05) is 12.1 Å². The number of rotatable bonds is 5. The van der Waals surface area contributed by atoms with Gasteiger partial charge in [0.15, 0.2) is 11.6 Å². The van der Waals surface area contributed by atoms with Gasteiger partial charge in [0.1, 0.15) is 12.0 Å². The number of hydrogen-bond donors (Lipinski definition) is 1. The van der Waals surface area contributed by atoms with Crippen LogP contribution in [0.15, 0.2) is 53.5 Å². The topological polar surface area (TPSA) is 78.9 Å². The number of fused-ring (bicyclic) bond motifs is 1. The summed E-state index contributed by atoms with van der Waals surface area (Å²) in [5.74, 6) is -0.0232. The van der Waals surface area contributed by atoms with Crippen LogP contribution in [0.25, 0.3) is 22.2 Å². The number of pyridine rings is 1. The quantitative estimate of drug-likeness (QED) is 0.494. The van der Waals surface area contributed by atoms with E-state index in [-0.39, 0.29) is 5.75 Å². The van der Waals surface area contributed by atoms with Crippen molar-refractivity contribution < 1.29 is 9.13 Å². The normalized spacial score (nSPS) is 11.1. The number of nitrogens with two attached hydrogens (primary N) is 1. The number of hydrogen-bond acceptors (Lipinski definition) is 5. The highest BCUT2D eigenvalue weighted by Crippen LogP contribution is 2.38. The van der Waals surface area contributed by atoms with Gasteiger partial charge in [-0.3, -0.25) is 0 Å². The van der Waals surface area contributed by atoms with Crippen molar-refractivity contribution in [3.63, 3.8) is 0 Å². The Morgan fingerprint density at radius 3 is 2.86 bits per heavy atom. The summed E-state index contributed by atoms with van der Waals surface area (Å²) in [5, 5.41) is 0.816. The van der Waals surface area contributed by atoms with E-state index in [0.717, 1.165) is 26.9 Å². The number of aryl methyl sites for hydroxylation is 1. The summed E-state index contributed by atoms with van der Waals surface area (Å²) in [6, 6.07) is 10.2. The Bertz CT molecular complexity index is 1160. The van der Waals surface area contributed by atoms with Crippen LogP contribution in [-0.2, 0) is 6.54 Å². The summed E-state index contributed by atoms with van der Waals surface area (Å²) < 4.78 is 23.1. The van der Waals surface area contributed by atoms with Crippen molar-refractivity contribution in [3.8, 4) is 22.8 Å². The van der Waals surface area contributed by atoms with Crippen LogP contribution < -0.4 is 10.5 Å². The first-order valence-corrected chi connectivity index (χ1v) is 9.47. The van der Waals surface area contributed by atoms with Gasteiger partial charge >= 0.3 is 0 Å². The molecule has 0 saturated carbocycles. The van der Waals surface area contributed by atoms with Crippen molar-refractivity contribution in [3.05, 3.63) is 65.0 Å². The monoisotopic (exact) mass is 441 g/mol. The Hall–Kier alpha value is -2.84. The minimum absolute atomic E-state index is 0.111. The molecule has 0 aliphatic rings. The molecule has 0 fully saturated rings. The highest BCUT2D eigenvalue weighted by molar-refractivity contribution is 9.10. The van der Waals surface area contributed by atoms with Gasteiger partial charge in [-0.05, 0) is 46.6 Å². The molecule has 6 nitrogen and oxygen atoms in total. The van der Waals surface area contributed by atoms with E-state index in [4.69, 9.17) is 10.5 Å². The van der Waals surface area contributed by atoms with Gasteiger partial charge in [-0.25, -0.2) is 19.3 Å². The molecule has 3 heterocycles. The van der Waals surface area contributed by atoms with Crippen LogP contribution in [0.5, 0.6) is 11.6 Å². The SMILES string of the molecule is Cc1cccc(Oc2ccc(-c3c(Br)n(CCN)c4ncncc34)cc2F)n1. The number of nitrogens with zero attached hydrogens (tertiary/aromatic N) is 4. The molecule has 0 aliphatic carbocycles. The number of halogens is 2. The van der Waals surface area contributed by atoms with Crippen molar-refractivity contribution in [1.29, 1.82) is 0 Å². The average molecular weight is 442 g/mol. The van der Waals surface area contributed by atoms with E-state index in [1.807, 2.05) is 23.6 Å². The van der Waals surface area contributed by atoms with Crippen molar-refractivity contribution in [2.75, 3.05) is 6.54 Å². The molecule has 3 aromatic heterocycles. The summed E-state index contributed by atoms with van der Waals surface area (Å²) in [6.07, 6.45) is 3.20. The molecule has 0 bridgehead atoms. The molecule has 4 aromatic rings. The molecular formula is C20H17BrFN5O. The first-order valence-electron chi connectivity index (χ1n) is 8.67. The number of benzene rings is 1. The molecule has 0 aliphatic heterocycles. The lowest BCUT2D eigenvalue weighted by Gasteiger charge is -2.09. The predicted octanol–water partition coefficient (Wildman–Crippen LogP) is 4.45. The predicted molar refractivity (Wildman–Crippen MR) is 109 cm³/mol. The molecule has 0 unspecified atom stereocenters. The second-order valence-electron chi connectivity index (χ2n) is 6.23. The second kappa shape index (κ2) is 7.65. The van der Waals surface area contributed by atoms with Crippen LogP contribution in [0.2, 0.25) is 0 Å². The van der Waals surface area contributed by atoms with Gasteiger partial charge in [-0.2, -0.15) is 0 Å². The lowest BCUT2D eigenvalue weighted by Crippen LogP contribution is -2.10. The third-order valence-corrected chi connectivity index (χ3v) is 5.13. The lowest BCUT2D eigenvalue weighted by molar-refractivity contribution is 0.427. The van der Waals surface area contributed by atoms with E-state index in [9.17, 15) is 4.39 Å². The molecule has 4 rings (SSSR count). The fourth-order valence-electron chi connectivity index (χ4n) is 3.09. The minimum Gasteiger partial charge on any atom is -0.436 e. The minimum atomic E-state index is -0.482. The first-order chi connectivity index (χ1) is 13.6. The van der Waals surface area contributed by atoms with Crippen molar-refractivity contribution in [1.82, 2.24) is 19.5 Å². The number of ether oxygens (including phenoxy) is 1. The molecule has 142 valence electrons.